The summed E-state index contributed by atoms with van der Waals surface area (Å²) < 4.78 is 25.3. The number of benzene rings is 2. The van der Waals surface area contributed by atoms with E-state index in [0.29, 0.717) is 58.7 Å². The lowest BCUT2D eigenvalue weighted by atomic mass is 9.68. The number of carbonyl (C=O) groups is 1. The van der Waals surface area contributed by atoms with Gasteiger partial charge < -0.3 is 20.1 Å². The molecule has 6 nitrogen and oxygen atoms in total. The summed E-state index contributed by atoms with van der Waals surface area (Å²) in [5.41, 5.74) is 9.64. The van der Waals surface area contributed by atoms with Gasteiger partial charge in [-0.15, -0.1) is 0 Å². The predicted molar refractivity (Wildman–Crippen MR) is 138 cm³/mol. The fourth-order valence-corrected chi connectivity index (χ4v) is 5.46. The van der Waals surface area contributed by atoms with Crippen LogP contribution in [-0.2, 0) is 16.1 Å². The number of methoxy groups -OCH3 is 1. The maximum absolute atomic E-state index is 13.5. The molecule has 0 amide bonds. The highest BCUT2D eigenvalue weighted by atomic mass is 79.9. The lowest BCUT2D eigenvalue weighted by Gasteiger charge is -2.43. The van der Waals surface area contributed by atoms with Crippen LogP contribution in [0, 0.1) is 22.6 Å². The van der Waals surface area contributed by atoms with Crippen LogP contribution in [0.15, 0.2) is 69.6 Å². The molecule has 0 unspecified atom stereocenters. The molecule has 0 aromatic heterocycles. The molecule has 188 valence electrons. The van der Waals surface area contributed by atoms with E-state index < -0.39 is 5.92 Å². The van der Waals surface area contributed by atoms with Crippen LogP contribution in [0.25, 0.3) is 0 Å². The van der Waals surface area contributed by atoms with Crippen molar-refractivity contribution in [2.45, 2.75) is 39.2 Å². The van der Waals surface area contributed by atoms with Crippen molar-refractivity contribution in [2.75, 3.05) is 20.3 Å². The lowest BCUT2D eigenvalue weighted by Crippen LogP contribution is -2.43. The Hall–Kier alpha value is -3.15. The van der Waals surface area contributed by atoms with Gasteiger partial charge in [0.2, 0.25) is 0 Å². The zero-order valence-electron chi connectivity index (χ0n) is 20.6. The van der Waals surface area contributed by atoms with Crippen molar-refractivity contribution in [3.8, 4) is 11.8 Å². The first-order valence-corrected chi connectivity index (χ1v) is 12.5. The summed E-state index contributed by atoms with van der Waals surface area (Å²) in [6, 6.07) is 14.0. The minimum Gasteiger partial charge on any atom is -0.488 e. The second-order valence-corrected chi connectivity index (χ2v) is 10.8. The van der Waals surface area contributed by atoms with E-state index in [-0.39, 0.29) is 23.6 Å². The Morgan fingerprint density at radius 3 is 2.69 bits per heavy atom. The van der Waals surface area contributed by atoms with Gasteiger partial charge in [0.25, 0.3) is 0 Å². The number of ether oxygens (including phenoxy) is 2. The standard InChI is InChI=1S/C28H29BrFN3O3/c1-28(2)13-22-26(23(34)14-28)25(20(15-31)27(32)33(22)9-10-35-3)18-7-8-24(21(29)12-18)36-16-17-5-4-6-19(30)11-17/h4-8,11-12,25H,9-10,13-14,16,32H2,1-3H3/t25-/m1/s1. The highest BCUT2D eigenvalue weighted by Crippen LogP contribution is 2.49. The van der Waals surface area contributed by atoms with E-state index in [4.69, 9.17) is 15.2 Å². The Bertz CT molecular complexity index is 1300. The number of nitrogens with zero attached hydrogens (tertiary/aromatic N) is 2. The minimum absolute atomic E-state index is 0.0245. The normalized spacial score (nSPS) is 19.3. The molecule has 1 aliphatic carbocycles. The number of nitrogens with two attached hydrogens (primary N) is 1. The molecule has 36 heavy (non-hydrogen) atoms. The summed E-state index contributed by atoms with van der Waals surface area (Å²) in [6.45, 7) is 5.21. The van der Waals surface area contributed by atoms with Crippen molar-refractivity contribution >= 4 is 21.7 Å². The van der Waals surface area contributed by atoms with E-state index >= 15 is 0 Å². The van der Waals surface area contributed by atoms with Gasteiger partial charge in [0.05, 0.1) is 28.6 Å². The van der Waals surface area contributed by atoms with Gasteiger partial charge in [-0.05, 0) is 63.2 Å². The first kappa shape index (κ1) is 25.9. The molecular formula is C28H29BrFN3O3. The van der Waals surface area contributed by atoms with Gasteiger partial charge in [0.15, 0.2) is 5.78 Å². The van der Waals surface area contributed by atoms with E-state index in [0.717, 1.165) is 11.3 Å². The Labute approximate surface area is 219 Å². The molecule has 0 spiro atoms. The molecule has 2 N–H and O–H groups in total. The number of halogens is 2. The topological polar surface area (TPSA) is 88.6 Å². The van der Waals surface area contributed by atoms with E-state index in [1.807, 2.05) is 17.0 Å². The Balaban J connectivity index is 1.72. The Morgan fingerprint density at radius 1 is 1.25 bits per heavy atom. The number of rotatable bonds is 7. The second kappa shape index (κ2) is 10.5. The first-order valence-electron chi connectivity index (χ1n) is 11.7. The van der Waals surface area contributed by atoms with Gasteiger partial charge in [0.1, 0.15) is 24.0 Å². The van der Waals surface area contributed by atoms with Crippen LogP contribution in [0.5, 0.6) is 5.75 Å². The van der Waals surface area contributed by atoms with E-state index in [2.05, 4.69) is 35.8 Å². The number of carbonyl (C=O) groups excluding carboxylic acids is 1. The number of hydrogen-bond acceptors (Lipinski definition) is 6. The molecule has 1 atom stereocenters. The van der Waals surface area contributed by atoms with Crippen LogP contribution in [0.4, 0.5) is 4.39 Å². The number of nitriles is 1. The molecule has 0 bridgehead atoms. The van der Waals surface area contributed by atoms with Crippen LogP contribution < -0.4 is 10.5 Å². The molecule has 2 aromatic carbocycles. The molecule has 2 aromatic rings. The molecule has 1 heterocycles. The summed E-state index contributed by atoms with van der Waals surface area (Å²) in [7, 11) is 1.61. The average molecular weight is 554 g/mol. The summed E-state index contributed by atoms with van der Waals surface area (Å²) >= 11 is 3.57. The lowest BCUT2D eigenvalue weighted by molar-refractivity contribution is -0.118. The maximum atomic E-state index is 13.5. The van der Waals surface area contributed by atoms with Gasteiger partial charge in [-0.3, -0.25) is 4.79 Å². The fraction of sp³-hybridized carbons (Fsp3) is 0.357. The Morgan fingerprint density at radius 2 is 2.03 bits per heavy atom. The summed E-state index contributed by atoms with van der Waals surface area (Å²) in [4.78, 5) is 15.4. The largest absolute Gasteiger partial charge is 0.488 e. The molecule has 0 saturated heterocycles. The van der Waals surface area contributed by atoms with Crippen molar-refractivity contribution in [3.05, 3.63) is 86.5 Å². The summed E-state index contributed by atoms with van der Waals surface area (Å²) in [5, 5.41) is 10.1. The van der Waals surface area contributed by atoms with Crippen LogP contribution in [0.2, 0.25) is 0 Å². The highest BCUT2D eigenvalue weighted by molar-refractivity contribution is 9.10. The summed E-state index contributed by atoms with van der Waals surface area (Å²) in [5.74, 6) is 0.0604. The molecule has 4 rings (SSSR count). The third kappa shape index (κ3) is 5.18. The number of ketones is 1. The molecule has 8 heteroatoms. The van der Waals surface area contributed by atoms with Crippen molar-refractivity contribution in [1.29, 1.82) is 5.26 Å². The highest BCUT2D eigenvalue weighted by Gasteiger charge is 2.44. The maximum Gasteiger partial charge on any atom is 0.162 e. The summed E-state index contributed by atoms with van der Waals surface area (Å²) in [6.07, 6.45) is 1.07. The molecule has 2 aliphatic rings. The average Bonchev–Trinajstić information content (AvgIpc) is 2.81. The van der Waals surface area contributed by atoms with Crippen LogP contribution in [-0.4, -0.2) is 30.9 Å². The van der Waals surface area contributed by atoms with Crippen LogP contribution >= 0.6 is 15.9 Å². The third-order valence-electron chi connectivity index (χ3n) is 6.58. The second-order valence-electron chi connectivity index (χ2n) is 9.90. The SMILES string of the molecule is COCCN1C(N)=C(C#N)[C@@H](c2ccc(OCc3cccc(F)c3)c(Br)c2)C2=C1CC(C)(C)CC2=O. The number of allylic oxidation sites excluding steroid dienone is 3. The minimum atomic E-state index is -0.569. The molecule has 0 fully saturated rings. The first-order chi connectivity index (χ1) is 17.1. The van der Waals surface area contributed by atoms with Gasteiger partial charge >= 0.3 is 0 Å². The smallest absolute Gasteiger partial charge is 0.162 e. The van der Waals surface area contributed by atoms with Crippen molar-refractivity contribution in [2.24, 2.45) is 11.1 Å². The fourth-order valence-electron chi connectivity index (χ4n) is 4.95. The third-order valence-corrected chi connectivity index (χ3v) is 7.20. The van der Waals surface area contributed by atoms with Crippen LogP contribution in [0.3, 0.4) is 0 Å². The molecule has 0 saturated carbocycles. The van der Waals surface area contributed by atoms with Crippen molar-refractivity contribution < 1.29 is 18.7 Å². The van der Waals surface area contributed by atoms with Gasteiger partial charge in [-0.2, -0.15) is 5.26 Å². The quantitative estimate of drug-likeness (QED) is 0.483. The predicted octanol–water partition coefficient (Wildman–Crippen LogP) is 5.55. The van der Waals surface area contributed by atoms with E-state index in [9.17, 15) is 14.4 Å². The van der Waals surface area contributed by atoms with Gasteiger partial charge in [0, 0.05) is 31.3 Å². The Kier molecular flexibility index (Phi) is 7.53. The van der Waals surface area contributed by atoms with Crippen molar-refractivity contribution in [3.63, 3.8) is 0 Å². The van der Waals surface area contributed by atoms with Gasteiger partial charge in [-0.25, -0.2) is 4.39 Å². The van der Waals surface area contributed by atoms with E-state index in [1.165, 1.54) is 12.1 Å². The van der Waals surface area contributed by atoms with Crippen LogP contribution in [0.1, 0.15) is 43.7 Å². The zero-order chi connectivity index (χ0) is 26.0. The number of Topliss-reactive ketones (excluding diaryl/α,β-unsaturated/α-hetero) is 1. The monoisotopic (exact) mass is 553 g/mol. The molecule has 1 aliphatic heterocycles. The van der Waals surface area contributed by atoms with Gasteiger partial charge in [-0.1, -0.05) is 32.0 Å². The van der Waals surface area contributed by atoms with E-state index in [1.54, 1.807) is 25.3 Å². The zero-order valence-corrected chi connectivity index (χ0v) is 22.2. The molecule has 0 radical (unpaired) electrons. The van der Waals surface area contributed by atoms with Crippen molar-refractivity contribution in [1.82, 2.24) is 4.90 Å². The number of hydrogen-bond donors (Lipinski definition) is 1. The molecular weight excluding hydrogens is 525 g/mol.